The highest BCUT2D eigenvalue weighted by Gasteiger charge is 2.24. The summed E-state index contributed by atoms with van der Waals surface area (Å²) >= 11 is 0. The molecule has 38 heavy (non-hydrogen) atoms. The number of hydrogen-bond donors (Lipinski definition) is 1. The van der Waals surface area contributed by atoms with Gasteiger partial charge < -0.3 is 19.4 Å². The van der Waals surface area contributed by atoms with Gasteiger partial charge in [0, 0.05) is 43.0 Å². The van der Waals surface area contributed by atoms with E-state index in [1.807, 2.05) is 122 Å². The van der Waals surface area contributed by atoms with Crippen LogP contribution in [0.1, 0.15) is 16.1 Å². The summed E-state index contributed by atoms with van der Waals surface area (Å²) in [4.78, 5) is 20.3. The Morgan fingerprint density at radius 2 is 1.47 bits per heavy atom. The van der Waals surface area contributed by atoms with Crippen LogP contribution in [-0.2, 0) is 6.54 Å². The Hall–Kier alpha value is -4.84. The summed E-state index contributed by atoms with van der Waals surface area (Å²) in [5, 5.41) is 2.99. The molecule has 6 nitrogen and oxygen atoms in total. The van der Waals surface area contributed by atoms with Crippen molar-refractivity contribution in [3.05, 3.63) is 114 Å². The maximum absolute atomic E-state index is 13.5. The predicted octanol–water partition coefficient (Wildman–Crippen LogP) is 6.68. The Morgan fingerprint density at radius 1 is 0.816 bits per heavy atom. The van der Waals surface area contributed by atoms with Gasteiger partial charge in [0.25, 0.3) is 5.91 Å². The minimum absolute atomic E-state index is 0.232. The van der Waals surface area contributed by atoms with Crippen LogP contribution in [0.5, 0.6) is 5.75 Å². The molecule has 0 aliphatic carbocycles. The van der Waals surface area contributed by atoms with Crippen LogP contribution in [-0.4, -0.2) is 32.1 Å². The first-order valence-electron chi connectivity index (χ1n) is 12.4. The van der Waals surface area contributed by atoms with Gasteiger partial charge in [-0.05, 0) is 47.5 Å². The van der Waals surface area contributed by atoms with Gasteiger partial charge in [0.1, 0.15) is 5.75 Å². The van der Waals surface area contributed by atoms with Crippen molar-refractivity contribution >= 4 is 11.6 Å². The lowest BCUT2D eigenvalue weighted by molar-refractivity contribution is 0.0946. The van der Waals surface area contributed by atoms with E-state index in [4.69, 9.17) is 14.1 Å². The summed E-state index contributed by atoms with van der Waals surface area (Å²) in [6, 6.07) is 33.5. The smallest absolute Gasteiger partial charge is 0.274 e. The second-order valence-electron chi connectivity index (χ2n) is 9.04. The highest BCUT2D eigenvalue weighted by atomic mass is 16.5. The molecule has 4 aromatic carbocycles. The standard InChI is InChI=1S/C32H29N3O3/c1-35(2)25-19-17-23(18-20-25)30-29(31(36)33-21-24-13-7-10-16-28(24)37-3)34-32(38-30)27-15-9-8-14-26(27)22-11-5-4-6-12-22/h4-20H,21H2,1-3H3,(H,33,36). The van der Waals surface area contributed by atoms with E-state index in [1.54, 1.807) is 7.11 Å². The van der Waals surface area contributed by atoms with Gasteiger partial charge in [-0.1, -0.05) is 66.7 Å². The monoisotopic (exact) mass is 503 g/mol. The van der Waals surface area contributed by atoms with Gasteiger partial charge in [0.15, 0.2) is 11.5 Å². The van der Waals surface area contributed by atoms with Crippen molar-refractivity contribution in [2.75, 3.05) is 26.1 Å². The van der Waals surface area contributed by atoms with Gasteiger partial charge in [-0.2, -0.15) is 0 Å². The average Bonchev–Trinajstić information content (AvgIpc) is 3.42. The number of rotatable bonds is 8. The summed E-state index contributed by atoms with van der Waals surface area (Å²) < 4.78 is 11.8. The van der Waals surface area contributed by atoms with E-state index >= 15 is 0 Å². The first kappa shape index (κ1) is 24.8. The van der Waals surface area contributed by atoms with Gasteiger partial charge >= 0.3 is 0 Å². The summed E-state index contributed by atoms with van der Waals surface area (Å²) in [6.07, 6.45) is 0. The van der Waals surface area contributed by atoms with Crippen molar-refractivity contribution in [1.29, 1.82) is 0 Å². The van der Waals surface area contributed by atoms with Crippen LogP contribution in [0.3, 0.4) is 0 Å². The number of carbonyl (C=O) groups excluding carboxylic acids is 1. The topological polar surface area (TPSA) is 67.6 Å². The minimum atomic E-state index is -0.324. The van der Waals surface area contributed by atoms with Crippen LogP contribution < -0.4 is 15.0 Å². The third kappa shape index (κ3) is 5.15. The van der Waals surface area contributed by atoms with E-state index < -0.39 is 0 Å². The summed E-state index contributed by atoms with van der Waals surface area (Å²) in [7, 11) is 5.59. The van der Waals surface area contributed by atoms with Crippen molar-refractivity contribution in [3.63, 3.8) is 0 Å². The molecule has 0 fully saturated rings. The molecule has 1 aromatic heterocycles. The number of nitrogens with one attached hydrogen (secondary N) is 1. The summed E-state index contributed by atoms with van der Waals surface area (Å²) in [6.45, 7) is 0.296. The number of hydrogen-bond acceptors (Lipinski definition) is 5. The first-order chi connectivity index (χ1) is 18.5. The van der Waals surface area contributed by atoms with E-state index in [0.29, 0.717) is 23.9 Å². The van der Waals surface area contributed by atoms with Crippen LogP contribution in [0.15, 0.2) is 108 Å². The van der Waals surface area contributed by atoms with Crippen LogP contribution in [0, 0.1) is 0 Å². The molecule has 5 rings (SSSR count). The molecule has 0 spiro atoms. The molecule has 0 saturated carbocycles. The van der Waals surface area contributed by atoms with Crippen LogP contribution >= 0.6 is 0 Å². The molecular formula is C32H29N3O3. The average molecular weight is 504 g/mol. The SMILES string of the molecule is COc1ccccc1CNC(=O)c1nc(-c2ccccc2-c2ccccc2)oc1-c1ccc(N(C)C)cc1. The van der Waals surface area contributed by atoms with Crippen LogP contribution in [0.25, 0.3) is 33.9 Å². The number of para-hydroxylation sites is 1. The highest BCUT2D eigenvalue weighted by Crippen LogP contribution is 2.36. The quantitative estimate of drug-likeness (QED) is 0.256. The van der Waals surface area contributed by atoms with Crippen LogP contribution in [0.2, 0.25) is 0 Å². The van der Waals surface area contributed by atoms with Gasteiger partial charge in [0.2, 0.25) is 5.89 Å². The van der Waals surface area contributed by atoms with E-state index in [2.05, 4.69) is 5.32 Å². The Labute approximate surface area is 222 Å². The molecule has 1 amide bonds. The van der Waals surface area contributed by atoms with Gasteiger partial charge in [0.05, 0.1) is 7.11 Å². The maximum Gasteiger partial charge on any atom is 0.274 e. The number of aromatic nitrogens is 1. The number of methoxy groups -OCH3 is 1. The summed E-state index contributed by atoms with van der Waals surface area (Å²) in [5.41, 5.74) is 5.76. The zero-order chi connectivity index (χ0) is 26.5. The second-order valence-corrected chi connectivity index (χ2v) is 9.04. The number of ether oxygens (including phenoxy) is 1. The number of carbonyl (C=O) groups is 1. The fraction of sp³-hybridized carbons (Fsp3) is 0.125. The molecule has 5 aromatic rings. The van der Waals surface area contributed by atoms with E-state index in [0.717, 1.165) is 33.5 Å². The Morgan fingerprint density at radius 3 is 2.18 bits per heavy atom. The second kappa shape index (κ2) is 11.0. The molecule has 0 bridgehead atoms. The fourth-order valence-corrected chi connectivity index (χ4v) is 4.34. The van der Waals surface area contributed by atoms with Gasteiger partial charge in [-0.15, -0.1) is 0 Å². The largest absolute Gasteiger partial charge is 0.496 e. The first-order valence-corrected chi connectivity index (χ1v) is 12.4. The molecule has 0 aliphatic heterocycles. The van der Waals surface area contributed by atoms with Crippen molar-refractivity contribution in [2.45, 2.75) is 6.54 Å². The van der Waals surface area contributed by atoms with Crippen molar-refractivity contribution in [3.8, 4) is 39.7 Å². The number of amides is 1. The zero-order valence-corrected chi connectivity index (χ0v) is 21.6. The van der Waals surface area contributed by atoms with Crippen molar-refractivity contribution in [1.82, 2.24) is 10.3 Å². The molecule has 0 radical (unpaired) electrons. The Kier molecular flexibility index (Phi) is 7.22. The normalized spacial score (nSPS) is 10.7. The van der Waals surface area contributed by atoms with Gasteiger partial charge in [-0.25, -0.2) is 4.98 Å². The Bertz CT molecular complexity index is 1540. The molecule has 190 valence electrons. The van der Waals surface area contributed by atoms with E-state index in [9.17, 15) is 4.79 Å². The highest BCUT2D eigenvalue weighted by molar-refractivity contribution is 5.98. The molecule has 1 heterocycles. The van der Waals surface area contributed by atoms with Crippen LogP contribution in [0.4, 0.5) is 5.69 Å². The molecule has 1 N–H and O–H groups in total. The molecule has 0 atom stereocenters. The van der Waals surface area contributed by atoms with E-state index in [-0.39, 0.29) is 11.6 Å². The third-order valence-corrected chi connectivity index (χ3v) is 6.36. The number of oxazole rings is 1. The number of nitrogens with zero attached hydrogens (tertiary/aromatic N) is 2. The minimum Gasteiger partial charge on any atom is -0.496 e. The zero-order valence-electron chi connectivity index (χ0n) is 21.6. The molecule has 0 saturated heterocycles. The van der Waals surface area contributed by atoms with Crippen molar-refractivity contribution in [2.24, 2.45) is 0 Å². The lowest BCUT2D eigenvalue weighted by Crippen LogP contribution is -2.24. The predicted molar refractivity (Wildman–Crippen MR) is 151 cm³/mol. The Balaban J connectivity index is 1.56. The molecular weight excluding hydrogens is 474 g/mol. The molecule has 0 aliphatic rings. The lowest BCUT2D eigenvalue weighted by atomic mass is 10.00. The molecule has 0 unspecified atom stereocenters. The van der Waals surface area contributed by atoms with E-state index in [1.165, 1.54) is 0 Å². The van der Waals surface area contributed by atoms with Gasteiger partial charge in [-0.3, -0.25) is 4.79 Å². The number of benzene rings is 4. The summed E-state index contributed by atoms with van der Waals surface area (Å²) in [5.74, 6) is 1.20. The maximum atomic E-state index is 13.5. The van der Waals surface area contributed by atoms with Crippen molar-refractivity contribution < 1.29 is 13.9 Å². The lowest BCUT2D eigenvalue weighted by Gasteiger charge is -2.12. The third-order valence-electron chi connectivity index (χ3n) is 6.36. The molecule has 6 heteroatoms. The number of anilines is 1. The fourth-order valence-electron chi connectivity index (χ4n) is 4.34.